The van der Waals surface area contributed by atoms with Gasteiger partial charge in [-0.2, -0.15) is 5.26 Å². The quantitative estimate of drug-likeness (QED) is 0.485. The molecular weight excluding hydrogens is 376 g/mol. The fraction of sp³-hybridized carbons (Fsp3) is 0.0526. The largest absolute Gasteiger partial charge is 0.464 e. The number of nitriles is 1. The molecule has 9 heteroatoms. The van der Waals surface area contributed by atoms with Crippen LogP contribution in [0.1, 0.15) is 20.9 Å². The number of nitrogen functional groups attached to an aromatic ring is 2. The van der Waals surface area contributed by atoms with Crippen molar-refractivity contribution in [1.82, 2.24) is 9.97 Å². The summed E-state index contributed by atoms with van der Waals surface area (Å²) < 4.78 is 5.46. The highest BCUT2D eigenvalue weighted by molar-refractivity contribution is 7.21. The number of nitrogens with zero attached hydrogens (tertiary/aromatic N) is 3. The lowest BCUT2D eigenvalue weighted by atomic mass is 10.0. The Bertz CT molecular complexity index is 1250. The van der Waals surface area contributed by atoms with E-state index in [1.807, 2.05) is 19.1 Å². The van der Waals surface area contributed by atoms with E-state index in [0.29, 0.717) is 27.4 Å². The van der Waals surface area contributed by atoms with Crippen molar-refractivity contribution in [3.63, 3.8) is 0 Å². The van der Waals surface area contributed by atoms with Gasteiger partial charge in [-0.3, -0.25) is 4.79 Å². The van der Waals surface area contributed by atoms with Crippen LogP contribution in [0.15, 0.2) is 41.0 Å². The summed E-state index contributed by atoms with van der Waals surface area (Å²) in [6.45, 7) is 1.83. The first-order chi connectivity index (χ1) is 13.5. The van der Waals surface area contributed by atoms with E-state index in [1.54, 1.807) is 24.3 Å². The zero-order valence-electron chi connectivity index (χ0n) is 14.7. The van der Waals surface area contributed by atoms with Crippen LogP contribution in [0.3, 0.4) is 0 Å². The molecule has 0 atom stereocenters. The van der Waals surface area contributed by atoms with Crippen LogP contribution in [0, 0.1) is 18.3 Å². The molecule has 28 heavy (non-hydrogen) atoms. The molecule has 0 saturated heterocycles. The van der Waals surface area contributed by atoms with Crippen LogP contribution in [0.4, 0.5) is 17.3 Å². The SMILES string of the molecule is Cc1cccc(NC(=O)c2sc3nc(N)c(C#N)c(-c4ccco4)c3c2N)n1. The molecule has 0 fully saturated rings. The molecule has 4 aromatic rings. The molecule has 8 nitrogen and oxygen atoms in total. The van der Waals surface area contributed by atoms with Crippen molar-refractivity contribution in [1.29, 1.82) is 5.26 Å². The van der Waals surface area contributed by atoms with Gasteiger partial charge in [-0.05, 0) is 31.2 Å². The maximum absolute atomic E-state index is 12.8. The Morgan fingerprint density at radius 2 is 2.07 bits per heavy atom. The highest BCUT2D eigenvalue weighted by Crippen LogP contribution is 2.42. The average molecular weight is 390 g/mol. The van der Waals surface area contributed by atoms with Gasteiger partial charge in [0.25, 0.3) is 5.91 Å². The van der Waals surface area contributed by atoms with Crippen LogP contribution in [-0.2, 0) is 0 Å². The van der Waals surface area contributed by atoms with Crippen molar-refractivity contribution in [3.8, 4) is 17.4 Å². The lowest BCUT2D eigenvalue weighted by Crippen LogP contribution is -2.13. The Labute approximate surface area is 163 Å². The smallest absolute Gasteiger partial charge is 0.269 e. The minimum absolute atomic E-state index is 0.0509. The Balaban J connectivity index is 1.88. The molecule has 0 unspecified atom stereocenters. The number of fused-ring (bicyclic) bond motifs is 1. The van der Waals surface area contributed by atoms with Crippen LogP contribution in [0.25, 0.3) is 21.5 Å². The molecule has 0 aliphatic rings. The number of carbonyl (C=O) groups is 1. The number of aryl methyl sites for hydroxylation is 1. The maximum Gasteiger partial charge on any atom is 0.269 e. The lowest BCUT2D eigenvalue weighted by Gasteiger charge is -2.07. The molecule has 5 N–H and O–H groups in total. The number of furan rings is 1. The van der Waals surface area contributed by atoms with Gasteiger partial charge in [-0.25, -0.2) is 9.97 Å². The first-order valence-corrected chi connectivity index (χ1v) is 9.01. The molecule has 4 rings (SSSR count). The highest BCUT2D eigenvalue weighted by Gasteiger charge is 2.25. The molecule has 0 aliphatic heterocycles. The average Bonchev–Trinajstić information content (AvgIpc) is 3.29. The Kier molecular flexibility index (Phi) is 4.18. The number of hydrogen-bond donors (Lipinski definition) is 3. The minimum atomic E-state index is -0.416. The van der Waals surface area contributed by atoms with Crippen molar-refractivity contribution < 1.29 is 9.21 Å². The number of amides is 1. The van der Waals surface area contributed by atoms with Gasteiger partial charge in [-0.15, -0.1) is 11.3 Å². The molecule has 1 amide bonds. The van der Waals surface area contributed by atoms with E-state index < -0.39 is 5.91 Å². The summed E-state index contributed by atoms with van der Waals surface area (Å²) in [7, 11) is 0. The van der Waals surface area contributed by atoms with E-state index >= 15 is 0 Å². The molecule has 0 saturated carbocycles. The molecular formula is C19H14N6O2S. The monoisotopic (exact) mass is 390 g/mol. The Morgan fingerprint density at radius 3 is 2.75 bits per heavy atom. The van der Waals surface area contributed by atoms with Crippen molar-refractivity contribution >= 4 is 44.8 Å². The number of nitrogens with two attached hydrogens (primary N) is 2. The van der Waals surface area contributed by atoms with E-state index in [4.69, 9.17) is 15.9 Å². The number of anilines is 3. The van der Waals surface area contributed by atoms with Crippen molar-refractivity contribution in [2.24, 2.45) is 0 Å². The summed E-state index contributed by atoms with van der Waals surface area (Å²) >= 11 is 1.09. The molecule has 4 aromatic heterocycles. The molecule has 0 aliphatic carbocycles. The lowest BCUT2D eigenvalue weighted by molar-refractivity contribution is 0.103. The van der Waals surface area contributed by atoms with E-state index in [2.05, 4.69) is 15.3 Å². The van der Waals surface area contributed by atoms with Crippen molar-refractivity contribution in [3.05, 3.63) is 52.7 Å². The third kappa shape index (κ3) is 2.82. The summed E-state index contributed by atoms with van der Waals surface area (Å²) in [6.07, 6.45) is 1.48. The molecule has 0 aromatic carbocycles. The van der Waals surface area contributed by atoms with Gasteiger partial charge in [-0.1, -0.05) is 6.07 Å². The second-order valence-electron chi connectivity index (χ2n) is 5.98. The predicted octanol–water partition coefficient (Wildman–Crippen LogP) is 3.55. The molecule has 0 bridgehead atoms. The van der Waals surface area contributed by atoms with E-state index in [9.17, 15) is 10.1 Å². The predicted molar refractivity (Wildman–Crippen MR) is 108 cm³/mol. The summed E-state index contributed by atoms with van der Waals surface area (Å²) in [4.78, 5) is 22.0. The molecule has 0 radical (unpaired) electrons. The summed E-state index contributed by atoms with van der Waals surface area (Å²) in [5.74, 6) is 0.474. The van der Waals surface area contributed by atoms with Crippen LogP contribution < -0.4 is 16.8 Å². The number of aromatic nitrogens is 2. The number of hydrogen-bond acceptors (Lipinski definition) is 8. The van der Waals surface area contributed by atoms with E-state index in [1.165, 1.54) is 6.26 Å². The van der Waals surface area contributed by atoms with Gasteiger partial charge < -0.3 is 21.2 Å². The zero-order valence-corrected chi connectivity index (χ0v) is 15.5. The van der Waals surface area contributed by atoms with Crippen molar-refractivity contribution in [2.75, 3.05) is 16.8 Å². The number of thiophene rings is 1. The highest BCUT2D eigenvalue weighted by atomic mass is 32.1. The Morgan fingerprint density at radius 1 is 1.25 bits per heavy atom. The van der Waals surface area contributed by atoms with Gasteiger partial charge in [0.15, 0.2) is 0 Å². The van der Waals surface area contributed by atoms with Gasteiger partial charge in [0.05, 0.1) is 17.5 Å². The van der Waals surface area contributed by atoms with Gasteiger partial charge >= 0.3 is 0 Å². The molecule has 0 spiro atoms. The second kappa shape index (κ2) is 6.68. The number of carbonyl (C=O) groups excluding carboxylic acids is 1. The fourth-order valence-corrected chi connectivity index (χ4v) is 3.91. The third-order valence-corrected chi connectivity index (χ3v) is 5.22. The maximum atomic E-state index is 12.8. The van der Waals surface area contributed by atoms with Gasteiger partial charge in [0.1, 0.15) is 38.7 Å². The summed E-state index contributed by atoms with van der Waals surface area (Å²) in [5, 5.41) is 12.7. The van der Waals surface area contributed by atoms with Gasteiger partial charge in [0, 0.05) is 11.1 Å². The zero-order chi connectivity index (χ0) is 19.8. The first kappa shape index (κ1) is 17.5. The second-order valence-corrected chi connectivity index (χ2v) is 6.98. The number of rotatable bonds is 3. The van der Waals surface area contributed by atoms with E-state index in [0.717, 1.165) is 17.0 Å². The standard InChI is InChI=1S/C19H14N6O2S/c1-9-4-2-6-12(23-9)24-18(26)16-15(21)14-13(11-5-3-7-27-11)10(8-20)17(22)25-19(14)28-16/h2-7H,21H2,1H3,(H2,22,25)(H,23,24,26). The van der Waals surface area contributed by atoms with Crippen LogP contribution in [0.5, 0.6) is 0 Å². The molecule has 138 valence electrons. The van der Waals surface area contributed by atoms with E-state index in [-0.39, 0.29) is 21.9 Å². The van der Waals surface area contributed by atoms with Gasteiger partial charge in [0.2, 0.25) is 0 Å². The summed E-state index contributed by atoms with van der Waals surface area (Å²) in [6, 6.07) is 10.7. The molecule has 4 heterocycles. The van der Waals surface area contributed by atoms with Crippen LogP contribution in [-0.4, -0.2) is 15.9 Å². The number of nitrogens with one attached hydrogen (secondary N) is 1. The third-order valence-electron chi connectivity index (χ3n) is 4.12. The fourth-order valence-electron chi connectivity index (χ4n) is 2.90. The first-order valence-electron chi connectivity index (χ1n) is 8.20. The Hall–Kier alpha value is -3.90. The van der Waals surface area contributed by atoms with Crippen LogP contribution >= 0.6 is 11.3 Å². The number of pyridine rings is 2. The normalized spacial score (nSPS) is 10.7. The van der Waals surface area contributed by atoms with Crippen LogP contribution in [0.2, 0.25) is 0 Å². The minimum Gasteiger partial charge on any atom is -0.464 e. The van der Waals surface area contributed by atoms with Crippen molar-refractivity contribution in [2.45, 2.75) is 6.92 Å². The topological polar surface area (TPSA) is 144 Å². The summed E-state index contributed by atoms with van der Waals surface area (Å²) in [5.41, 5.74) is 13.8.